The number of hydrogen-bond donors (Lipinski definition) is 1. The lowest BCUT2D eigenvalue weighted by Crippen LogP contribution is -2.28. The average molecular weight is 210 g/mol. The minimum absolute atomic E-state index is 0.429. The second-order valence-electron chi connectivity index (χ2n) is 4.33. The van der Waals surface area contributed by atoms with E-state index in [2.05, 4.69) is 15.5 Å². The summed E-state index contributed by atoms with van der Waals surface area (Å²) in [7, 11) is 3.98. The van der Waals surface area contributed by atoms with Crippen molar-refractivity contribution in [3.8, 4) is 0 Å². The molecule has 5 nitrogen and oxygen atoms in total. The minimum atomic E-state index is 0.429. The van der Waals surface area contributed by atoms with E-state index in [-0.39, 0.29) is 0 Å². The molecule has 2 rings (SSSR count). The molecule has 1 aromatic heterocycles. The number of piperidine rings is 1. The highest BCUT2D eigenvalue weighted by Crippen LogP contribution is 2.20. The van der Waals surface area contributed by atoms with E-state index in [1.54, 1.807) is 0 Å². The Kier molecular flexibility index (Phi) is 3.33. The summed E-state index contributed by atoms with van der Waals surface area (Å²) in [5.74, 6) is 2.00. The number of aromatic nitrogens is 2. The molecule has 84 valence electrons. The summed E-state index contributed by atoms with van der Waals surface area (Å²) < 4.78 is 5.20. The van der Waals surface area contributed by atoms with Gasteiger partial charge in [0.15, 0.2) is 5.82 Å². The van der Waals surface area contributed by atoms with Gasteiger partial charge in [0.05, 0.1) is 6.54 Å². The van der Waals surface area contributed by atoms with Gasteiger partial charge in [0.2, 0.25) is 5.89 Å². The van der Waals surface area contributed by atoms with Gasteiger partial charge in [-0.15, -0.1) is 0 Å². The first-order valence-electron chi connectivity index (χ1n) is 5.43. The summed E-state index contributed by atoms with van der Waals surface area (Å²) >= 11 is 0. The maximum absolute atomic E-state index is 5.20. The third-order valence-corrected chi connectivity index (χ3v) is 2.60. The summed E-state index contributed by atoms with van der Waals surface area (Å²) in [6.45, 7) is 2.80. The second-order valence-corrected chi connectivity index (χ2v) is 4.33. The molecule has 1 N–H and O–H groups in total. The highest BCUT2D eigenvalue weighted by Gasteiger charge is 2.20. The number of nitrogens with one attached hydrogen (secondary N) is 1. The third-order valence-electron chi connectivity index (χ3n) is 2.60. The fourth-order valence-corrected chi connectivity index (χ4v) is 1.84. The third kappa shape index (κ3) is 2.76. The molecule has 1 aliphatic rings. The van der Waals surface area contributed by atoms with Gasteiger partial charge in [0.1, 0.15) is 0 Å². The summed E-state index contributed by atoms with van der Waals surface area (Å²) in [6.07, 6.45) is 2.36. The summed E-state index contributed by atoms with van der Waals surface area (Å²) in [6, 6.07) is 0. The maximum Gasteiger partial charge on any atom is 0.240 e. The first-order valence-corrected chi connectivity index (χ1v) is 5.43. The van der Waals surface area contributed by atoms with E-state index in [1.165, 1.54) is 6.42 Å². The van der Waals surface area contributed by atoms with Gasteiger partial charge in [0, 0.05) is 12.5 Å². The zero-order valence-corrected chi connectivity index (χ0v) is 9.36. The summed E-state index contributed by atoms with van der Waals surface area (Å²) in [4.78, 5) is 6.44. The van der Waals surface area contributed by atoms with Gasteiger partial charge in [-0.3, -0.25) is 0 Å². The van der Waals surface area contributed by atoms with Crippen LogP contribution in [-0.4, -0.2) is 42.2 Å². The summed E-state index contributed by atoms with van der Waals surface area (Å²) in [5, 5.41) is 7.39. The normalized spacial score (nSPS) is 22.2. The molecular formula is C10H18N4O. The van der Waals surface area contributed by atoms with Gasteiger partial charge in [-0.25, -0.2) is 0 Å². The van der Waals surface area contributed by atoms with Crippen molar-refractivity contribution in [2.75, 3.05) is 27.2 Å². The lowest BCUT2D eigenvalue weighted by atomic mass is 9.99. The Hall–Kier alpha value is -0.940. The fraction of sp³-hybridized carbons (Fsp3) is 0.800. The van der Waals surface area contributed by atoms with Crippen LogP contribution in [0.1, 0.15) is 30.5 Å². The Morgan fingerprint density at radius 2 is 2.40 bits per heavy atom. The van der Waals surface area contributed by atoms with Gasteiger partial charge in [-0.1, -0.05) is 5.16 Å². The van der Waals surface area contributed by atoms with Crippen LogP contribution in [0.15, 0.2) is 4.52 Å². The minimum Gasteiger partial charge on any atom is -0.338 e. The first kappa shape index (κ1) is 10.6. The van der Waals surface area contributed by atoms with Crippen LogP contribution in [0.2, 0.25) is 0 Å². The van der Waals surface area contributed by atoms with E-state index in [9.17, 15) is 0 Å². The van der Waals surface area contributed by atoms with Gasteiger partial charge < -0.3 is 14.7 Å². The molecule has 1 aliphatic heterocycles. The smallest absolute Gasteiger partial charge is 0.240 e. The molecule has 0 amide bonds. The average Bonchev–Trinajstić information content (AvgIpc) is 2.67. The van der Waals surface area contributed by atoms with Gasteiger partial charge in [-0.05, 0) is 33.5 Å². The molecule has 1 fully saturated rings. The fourth-order valence-electron chi connectivity index (χ4n) is 1.84. The molecule has 1 unspecified atom stereocenters. The number of rotatable bonds is 3. The first-order chi connectivity index (χ1) is 7.25. The van der Waals surface area contributed by atoms with Crippen LogP contribution in [0.4, 0.5) is 0 Å². The Bertz CT molecular complexity index is 304. The zero-order valence-electron chi connectivity index (χ0n) is 9.36. The van der Waals surface area contributed by atoms with Crippen molar-refractivity contribution in [2.24, 2.45) is 0 Å². The van der Waals surface area contributed by atoms with Crippen LogP contribution >= 0.6 is 0 Å². The van der Waals surface area contributed by atoms with Crippen molar-refractivity contribution >= 4 is 0 Å². The SMILES string of the molecule is CN(C)Cc1nc(C2CCCNC2)no1. The highest BCUT2D eigenvalue weighted by atomic mass is 16.5. The number of hydrogen-bond acceptors (Lipinski definition) is 5. The van der Waals surface area contributed by atoms with Crippen LogP contribution < -0.4 is 5.32 Å². The molecule has 1 atom stereocenters. The molecule has 0 spiro atoms. The van der Waals surface area contributed by atoms with E-state index in [4.69, 9.17) is 4.52 Å². The van der Waals surface area contributed by atoms with Crippen molar-refractivity contribution in [1.29, 1.82) is 0 Å². The molecule has 0 aromatic carbocycles. The highest BCUT2D eigenvalue weighted by molar-refractivity contribution is 4.98. The molecule has 1 aromatic rings. The van der Waals surface area contributed by atoms with Crippen LogP contribution in [0.3, 0.4) is 0 Å². The van der Waals surface area contributed by atoms with E-state index < -0.39 is 0 Å². The largest absolute Gasteiger partial charge is 0.338 e. The van der Waals surface area contributed by atoms with Crippen LogP contribution in [0, 0.1) is 0 Å². The quantitative estimate of drug-likeness (QED) is 0.791. The second kappa shape index (κ2) is 4.72. The lowest BCUT2D eigenvalue weighted by molar-refractivity contribution is 0.299. The Morgan fingerprint density at radius 3 is 3.07 bits per heavy atom. The maximum atomic E-state index is 5.20. The molecule has 15 heavy (non-hydrogen) atoms. The molecule has 5 heteroatoms. The van der Waals surface area contributed by atoms with Crippen molar-refractivity contribution in [3.63, 3.8) is 0 Å². The van der Waals surface area contributed by atoms with Crippen LogP contribution in [0.25, 0.3) is 0 Å². The van der Waals surface area contributed by atoms with E-state index in [0.29, 0.717) is 18.4 Å². The van der Waals surface area contributed by atoms with Crippen molar-refractivity contribution in [2.45, 2.75) is 25.3 Å². The van der Waals surface area contributed by atoms with E-state index in [1.807, 2.05) is 19.0 Å². The molecular weight excluding hydrogens is 192 g/mol. The van der Waals surface area contributed by atoms with E-state index in [0.717, 1.165) is 25.3 Å². The predicted octanol–water partition coefficient (Wildman–Crippen LogP) is 0.598. The molecule has 2 heterocycles. The van der Waals surface area contributed by atoms with Gasteiger partial charge in [0.25, 0.3) is 0 Å². The van der Waals surface area contributed by atoms with Crippen LogP contribution in [-0.2, 0) is 6.54 Å². The van der Waals surface area contributed by atoms with E-state index >= 15 is 0 Å². The van der Waals surface area contributed by atoms with Gasteiger partial charge >= 0.3 is 0 Å². The molecule has 0 radical (unpaired) electrons. The van der Waals surface area contributed by atoms with Crippen molar-refractivity contribution in [1.82, 2.24) is 20.4 Å². The zero-order chi connectivity index (χ0) is 10.7. The molecule has 0 bridgehead atoms. The number of nitrogens with zero attached hydrogens (tertiary/aromatic N) is 3. The molecule has 0 saturated carbocycles. The van der Waals surface area contributed by atoms with Crippen LogP contribution in [0.5, 0.6) is 0 Å². The van der Waals surface area contributed by atoms with Gasteiger partial charge in [-0.2, -0.15) is 4.98 Å². The van der Waals surface area contributed by atoms with Crippen molar-refractivity contribution < 1.29 is 4.52 Å². The standard InChI is InChI=1S/C10H18N4O/c1-14(2)7-9-12-10(13-15-9)8-4-3-5-11-6-8/h8,11H,3-7H2,1-2H3. The predicted molar refractivity (Wildman–Crippen MR) is 56.5 cm³/mol. The molecule has 1 saturated heterocycles. The topological polar surface area (TPSA) is 54.2 Å². The Morgan fingerprint density at radius 1 is 1.53 bits per heavy atom. The monoisotopic (exact) mass is 210 g/mol. The Balaban J connectivity index is 1.99. The molecule has 0 aliphatic carbocycles. The van der Waals surface area contributed by atoms with Crippen molar-refractivity contribution in [3.05, 3.63) is 11.7 Å². The summed E-state index contributed by atoms with van der Waals surface area (Å²) in [5.41, 5.74) is 0. The lowest BCUT2D eigenvalue weighted by Gasteiger charge is -2.19. The Labute approximate surface area is 89.8 Å².